The maximum Gasteiger partial charge on any atom is 0.258 e. The molecule has 1 saturated heterocycles. The molecule has 0 spiro atoms. The van der Waals surface area contributed by atoms with Gasteiger partial charge in [0.2, 0.25) is 10.0 Å². The van der Waals surface area contributed by atoms with Crippen molar-refractivity contribution in [2.24, 2.45) is 0 Å². The first kappa shape index (κ1) is 19.8. The minimum atomic E-state index is -3.50. The van der Waals surface area contributed by atoms with Gasteiger partial charge in [-0.05, 0) is 62.4 Å². The highest BCUT2D eigenvalue weighted by molar-refractivity contribution is 7.89. The van der Waals surface area contributed by atoms with Crippen LogP contribution in [0, 0.1) is 20.8 Å². The third kappa shape index (κ3) is 3.84. The quantitative estimate of drug-likeness (QED) is 0.642. The summed E-state index contributed by atoms with van der Waals surface area (Å²) in [6.07, 6.45) is 1.35. The van der Waals surface area contributed by atoms with Gasteiger partial charge in [-0.25, -0.2) is 8.42 Å². The van der Waals surface area contributed by atoms with Gasteiger partial charge in [-0.3, -0.25) is 0 Å². The first-order chi connectivity index (χ1) is 13.9. The van der Waals surface area contributed by atoms with Crippen LogP contribution >= 0.6 is 0 Å². The van der Waals surface area contributed by atoms with Gasteiger partial charge in [0, 0.05) is 24.6 Å². The molecular formula is C22H25N3O3S. The van der Waals surface area contributed by atoms with Crippen molar-refractivity contribution in [1.29, 1.82) is 0 Å². The molecule has 0 amide bonds. The normalized spacial score (nSPS) is 16.2. The first-order valence-electron chi connectivity index (χ1n) is 9.83. The largest absolute Gasteiger partial charge is 0.334 e. The van der Waals surface area contributed by atoms with Crippen molar-refractivity contribution in [3.8, 4) is 11.5 Å². The average molecular weight is 412 g/mol. The number of aryl methyl sites for hydroxylation is 3. The Balaban J connectivity index is 1.49. The van der Waals surface area contributed by atoms with Crippen molar-refractivity contribution in [1.82, 2.24) is 14.4 Å². The van der Waals surface area contributed by atoms with E-state index in [1.54, 1.807) is 10.4 Å². The summed E-state index contributed by atoms with van der Waals surface area (Å²) in [4.78, 5) is 4.99. The monoisotopic (exact) mass is 411 g/mol. The third-order valence-electron chi connectivity index (χ3n) is 5.60. The summed E-state index contributed by atoms with van der Waals surface area (Å²) in [5.41, 5.74) is 3.73. The van der Waals surface area contributed by atoms with E-state index in [1.165, 1.54) is 0 Å². The first-order valence-corrected chi connectivity index (χ1v) is 11.3. The molecule has 29 heavy (non-hydrogen) atoms. The number of nitrogens with zero attached hydrogens (tertiary/aromatic N) is 3. The number of hydrogen-bond acceptors (Lipinski definition) is 5. The minimum absolute atomic E-state index is 0.0987. The molecule has 0 saturated carbocycles. The molecule has 152 valence electrons. The van der Waals surface area contributed by atoms with Gasteiger partial charge < -0.3 is 4.52 Å². The Kier molecular flexibility index (Phi) is 5.27. The van der Waals surface area contributed by atoms with E-state index in [0.717, 1.165) is 22.3 Å². The molecule has 2 heterocycles. The van der Waals surface area contributed by atoms with Crippen LogP contribution in [0.2, 0.25) is 0 Å². The molecule has 1 aliphatic rings. The fraction of sp³-hybridized carbons (Fsp3) is 0.364. The summed E-state index contributed by atoms with van der Waals surface area (Å²) >= 11 is 0. The van der Waals surface area contributed by atoms with Crippen LogP contribution in [0.4, 0.5) is 0 Å². The van der Waals surface area contributed by atoms with Gasteiger partial charge in [-0.1, -0.05) is 35.5 Å². The van der Waals surface area contributed by atoms with Crippen LogP contribution in [0.3, 0.4) is 0 Å². The maximum absolute atomic E-state index is 13.1. The molecule has 3 aromatic rings. The van der Waals surface area contributed by atoms with Gasteiger partial charge in [0.05, 0.1) is 4.90 Å². The van der Waals surface area contributed by atoms with Gasteiger partial charge >= 0.3 is 0 Å². The zero-order chi connectivity index (χ0) is 20.6. The topological polar surface area (TPSA) is 76.3 Å². The Morgan fingerprint density at radius 2 is 1.72 bits per heavy atom. The summed E-state index contributed by atoms with van der Waals surface area (Å²) in [7, 11) is -3.50. The zero-order valence-corrected chi connectivity index (χ0v) is 17.7. The molecule has 1 aromatic heterocycles. The van der Waals surface area contributed by atoms with E-state index in [1.807, 2.05) is 57.2 Å². The number of hydrogen-bond donors (Lipinski definition) is 0. The molecule has 1 aliphatic heterocycles. The van der Waals surface area contributed by atoms with Gasteiger partial charge in [0.15, 0.2) is 5.82 Å². The standard InChI is InChI=1S/C22H25N3O3S/c1-15-8-9-17(3)20(14-15)29(26,27)25-12-10-18(11-13-25)21-23-22(28-24-21)19-7-5-4-6-16(19)2/h4-9,14,18H,10-13H2,1-3H3. The highest BCUT2D eigenvalue weighted by atomic mass is 32.2. The summed E-state index contributed by atoms with van der Waals surface area (Å²) in [5, 5.41) is 4.17. The second kappa shape index (κ2) is 7.72. The molecule has 1 fully saturated rings. The number of aromatic nitrogens is 2. The summed E-state index contributed by atoms with van der Waals surface area (Å²) < 4.78 is 33.3. The lowest BCUT2D eigenvalue weighted by Crippen LogP contribution is -2.38. The predicted molar refractivity (Wildman–Crippen MR) is 111 cm³/mol. The van der Waals surface area contributed by atoms with Crippen LogP contribution in [0.5, 0.6) is 0 Å². The Morgan fingerprint density at radius 1 is 1.00 bits per heavy atom. The third-order valence-corrected chi connectivity index (χ3v) is 7.64. The van der Waals surface area contributed by atoms with E-state index < -0.39 is 10.0 Å². The molecule has 0 bridgehead atoms. The van der Waals surface area contributed by atoms with E-state index in [9.17, 15) is 8.42 Å². The molecule has 0 aliphatic carbocycles. The van der Waals surface area contributed by atoms with Crippen molar-refractivity contribution >= 4 is 10.0 Å². The van der Waals surface area contributed by atoms with E-state index in [-0.39, 0.29) is 5.92 Å². The van der Waals surface area contributed by atoms with E-state index in [4.69, 9.17) is 4.52 Å². The lowest BCUT2D eigenvalue weighted by Gasteiger charge is -2.30. The zero-order valence-electron chi connectivity index (χ0n) is 16.9. The van der Waals surface area contributed by atoms with Gasteiger partial charge in [0.25, 0.3) is 5.89 Å². The lowest BCUT2D eigenvalue weighted by atomic mass is 9.97. The lowest BCUT2D eigenvalue weighted by molar-refractivity contribution is 0.307. The van der Waals surface area contributed by atoms with Crippen molar-refractivity contribution in [2.75, 3.05) is 13.1 Å². The molecule has 4 rings (SSSR count). The molecule has 6 nitrogen and oxygen atoms in total. The molecular weight excluding hydrogens is 386 g/mol. The smallest absolute Gasteiger partial charge is 0.258 e. The molecule has 0 atom stereocenters. The Bertz CT molecular complexity index is 1130. The van der Waals surface area contributed by atoms with Gasteiger partial charge in [0.1, 0.15) is 0 Å². The van der Waals surface area contributed by atoms with Crippen LogP contribution in [0.1, 0.15) is 41.3 Å². The van der Waals surface area contributed by atoms with Crippen molar-refractivity contribution in [2.45, 2.75) is 44.4 Å². The summed E-state index contributed by atoms with van der Waals surface area (Å²) in [6.45, 7) is 6.66. The van der Waals surface area contributed by atoms with Crippen molar-refractivity contribution < 1.29 is 12.9 Å². The van der Waals surface area contributed by atoms with Crippen LogP contribution in [-0.2, 0) is 10.0 Å². The number of rotatable bonds is 4. The van der Waals surface area contributed by atoms with Gasteiger partial charge in [-0.15, -0.1) is 0 Å². The molecule has 0 unspecified atom stereocenters. The summed E-state index contributed by atoms with van der Waals surface area (Å²) in [5.74, 6) is 1.28. The van der Waals surface area contributed by atoms with E-state index in [2.05, 4.69) is 10.1 Å². The second-order valence-electron chi connectivity index (χ2n) is 7.72. The fourth-order valence-electron chi connectivity index (χ4n) is 3.80. The number of sulfonamides is 1. The number of benzene rings is 2. The Hall–Kier alpha value is -2.51. The molecule has 2 aromatic carbocycles. The maximum atomic E-state index is 13.1. The predicted octanol–water partition coefficient (Wildman–Crippen LogP) is 4.23. The Morgan fingerprint density at radius 3 is 2.45 bits per heavy atom. The highest BCUT2D eigenvalue weighted by Crippen LogP contribution is 2.32. The molecule has 7 heteroatoms. The average Bonchev–Trinajstić information content (AvgIpc) is 3.20. The van der Waals surface area contributed by atoms with E-state index in [0.29, 0.717) is 42.5 Å². The summed E-state index contributed by atoms with van der Waals surface area (Å²) in [6, 6.07) is 13.4. The SMILES string of the molecule is Cc1ccc(C)c(S(=O)(=O)N2CCC(c3noc(-c4ccccc4C)n3)CC2)c1. The van der Waals surface area contributed by atoms with Gasteiger partial charge in [-0.2, -0.15) is 9.29 Å². The molecule has 0 N–H and O–H groups in total. The highest BCUT2D eigenvalue weighted by Gasteiger charge is 2.32. The van der Waals surface area contributed by atoms with Crippen LogP contribution in [-0.4, -0.2) is 36.0 Å². The van der Waals surface area contributed by atoms with Crippen molar-refractivity contribution in [3.63, 3.8) is 0 Å². The van der Waals surface area contributed by atoms with Crippen LogP contribution < -0.4 is 0 Å². The van der Waals surface area contributed by atoms with Crippen molar-refractivity contribution in [3.05, 3.63) is 65.0 Å². The fourth-order valence-corrected chi connectivity index (χ4v) is 5.58. The second-order valence-corrected chi connectivity index (χ2v) is 9.63. The molecule has 0 radical (unpaired) electrons. The van der Waals surface area contributed by atoms with E-state index >= 15 is 0 Å². The minimum Gasteiger partial charge on any atom is -0.334 e. The van der Waals surface area contributed by atoms with Crippen LogP contribution in [0.15, 0.2) is 51.9 Å². The Labute approximate surface area is 171 Å². The number of piperidine rings is 1. The van der Waals surface area contributed by atoms with Crippen LogP contribution in [0.25, 0.3) is 11.5 Å².